The summed E-state index contributed by atoms with van der Waals surface area (Å²) >= 11 is 0. The fourth-order valence-electron chi connectivity index (χ4n) is 20.3. The predicted octanol–water partition coefficient (Wildman–Crippen LogP) is 20.6. The zero-order chi connectivity index (χ0) is 81.5. The average Bonchev–Trinajstić information content (AvgIpc) is 1.57. The quantitative estimate of drug-likeness (QED) is 0.107. The highest BCUT2D eigenvalue weighted by Crippen LogP contribution is 2.61. The molecule has 0 aliphatic heterocycles. The van der Waals surface area contributed by atoms with Crippen molar-refractivity contribution in [2.45, 2.75) is 147 Å². The number of halogens is 3. The number of benzene rings is 5. The summed E-state index contributed by atoms with van der Waals surface area (Å²) in [5.74, 6) is 0.599. The summed E-state index contributed by atoms with van der Waals surface area (Å²) in [7, 11) is 0. The highest BCUT2D eigenvalue weighted by molar-refractivity contribution is 6.04. The number of aliphatic hydroxyl groups is 1. The van der Waals surface area contributed by atoms with Crippen molar-refractivity contribution in [1.82, 2.24) is 44.9 Å². The lowest BCUT2D eigenvalue weighted by Gasteiger charge is -2.52. The second-order valence-electron chi connectivity index (χ2n) is 33.7. The summed E-state index contributed by atoms with van der Waals surface area (Å²) in [5, 5.41) is 10.5. The summed E-state index contributed by atoms with van der Waals surface area (Å²) in [6.45, 7) is 35.4. The van der Waals surface area contributed by atoms with Gasteiger partial charge in [0.1, 0.15) is 17.5 Å². The molecule has 19 heteroatoms. The maximum absolute atomic E-state index is 15.3. The minimum absolute atomic E-state index is 0.0113. The fourth-order valence-corrected chi connectivity index (χ4v) is 20.3. The molecule has 117 heavy (non-hydrogen) atoms. The van der Waals surface area contributed by atoms with Crippen molar-refractivity contribution in [3.63, 3.8) is 0 Å². The maximum Gasteiger partial charge on any atom is 0.226 e. The van der Waals surface area contributed by atoms with Gasteiger partial charge in [-0.05, 0) is 167 Å². The van der Waals surface area contributed by atoms with Gasteiger partial charge in [-0.3, -0.25) is 15.0 Å². The molecule has 0 radical (unpaired) electrons. The third-order valence-corrected chi connectivity index (χ3v) is 26.5. The molecule has 6 heterocycles. The average molecular weight is 1550 g/mol. The minimum atomic E-state index is -0.817. The van der Waals surface area contributed by atoms with Gasteiger partial charge in [0.25, 0.3) is 0 Å². The first-order chi connectivity index (χ1) is 56.5. The number of hydrogen-bond acceptors (Lipinski definition) is 13. The summed E-state index contributed by atoms with van der Waals surface area (Å²) in [6.07, 6.45) is 21.0. The molecule has 0 unspecified atom stereocenters. The van der Waals surface area contributed by atoms with E-state index in [1.807, 2.05) is 118 Å². The van der Waals surface area contributed by atoms with Crippen molar-refractivity contribution >= 4 is 28.3 Å². The number of fused-ring (bicyclic) bond motifs is 10. The number of aliphatic hydroxyl groups excluding tert-OH is 1. The van der Waals surface area contributed by atoms with Gasteiger partial charge >= 0.3 is 0 Å². The SMILES string of the molecule is [C-]#[N+]C1=C[C@@]2(C)c3nc(-c4ccc(-c5ccccc5)nc4)nc(-c4ccccc4F)c3CC[C@@H]2[C@@H](C)C1=O.[C-]#[N+]C1=C[C@@]2(C)c3nc(-c4ccnc(C5CC5)c4)nc(-c4ccccc4F)c3CC[C@@H]2[C@@](C)(CCCO)C1=O.[C-]#[N+]C1=C[C@@]2(C)c3nc(-c4ccnc5ccccc45)nc(-c4ccccc4F)c3CC[C@@H]2[C@@](C)(CC2CC2)C1=O. The monoisotopic (exact) mass is 1550 g/mol. The first-order valence-electron chi connectivity index (χ1n) is 40.4. The van der Waals surface area contributed by atoms with Gasteiger partial charge in [-0.1, -0.05) is 158 Å². The van der Waals surface area contributed by atoms with Gasteiger partial charge in [-0.2, -0.15) is 0 Å². The fraction of sp³-hybridized carbons (Fsp3) is 0.316. The van der Waals surface area contributed by atoms with Crippen LogP contribution < -0.4 is 0 Å². The number of allylic oxidation sites excluding steroid dienone is 6. The molecular weight excluding hydrogens is 1470 g/mol. The number of ketones is 3. The highest BCUT2D eigenvalue weighted by Gasteiger charge is 2.60. The van der Waals surface area contributed by atoms with Crippen molar-refractivity contribution < 1.29 is 32.7 Å². The van der Waals surface area contributed by atoms with Crippen molar-refractivity contribution in [2.24, 2.45) is 40.4 Å². The molecule has 8 aliphatic carbocycles. The topological polar surface area (TPSA) is 201 Å². The lowest BCUT2D eigenvalue weighted by atomic mass is 9.51. The van der Waals surface area contributed by atoms with Gasteiger partial charge in [0.05, 0.1) is 65.1 Å². The van der Waals surface area contributed by atoms with Crippen LogP contribution in [0.5, 0.6) is 0 Å². The summed E-state index contributed by atoms with van der Waals surface area (Å²) in [4.78, 5) is 95.1. The number of aromatic nitrogens is 9. The third kappa shape index (κ3) is 13.5. The molecule has 0 saturated heterocycles. The van der Waals surface area contributed by atoms with Gasteiger partial charge in [0, 0.05) is 131 Å². The van der Waals surface area contributed by atoms with E-state index in [1.54, 1.807) is 79.3 Å². The largest absolute Gasteiger partial charge is 0.396 e. The van der Waals surface area contributed by atoms with Crippen LogP contribution in [-0.4, -0.2) is 73.9 Å². The van der Waals surface area contributed by atoms with Crippen molar-refractivity contribution in [3.8, 4) is 79.2 Å². The van der Waals surface area contributed by atoms with Crippen molar-refractivity contribution in [3.05, 3.63) is 303 Å². The predicted molar refractivity (Wildman–Crippen MR) is 442 cm³/mol. The van der Waals surface area contributed by atoms with Crippen LogP contribution in [0.2, 0.25) is 0 Å². The van der Waals surface area contributed by atoms with Crippen LogP contribution in [0, 0.1) is 77.6 Å². The molecule has 2 saturated carbocycles. The number of para-hydroxylation sites is 1. The van der Waals surface area contributed by atoms with E-state index in [4.69, 9.17) is 49.6 Å². The smallest absolute Gasteiger partial charge is 0.226 e. The number of carbonyl (C=O) groups is 3. The number of pyridine rings is 3. The molecule has 6 aromatic heterocycles. The second kappa shape index (κ2) is 30.3. The summed E-state index contributed by atoms with van der Waals surface area (Å²) in [5.41, 5.74) is 10.8. The Morgan fingerprint density at radius 1 is 0.470 bits per heavy atom. The van der Waals surface area contributed by atoms with E-state index in [9.17, 15) is 19.5 Å². The summed E-state index contributed by atoms with van der Waals surface area (Å²) in [6, 6.07) is 47.5. The number of rotatable bonds is 13. The first kappa shape index (κ1) is 77.1. The van der Waals surface area contributed by atoms with Crippen LogP contribution in [0.15, 0.2) is 212 Å². The Kier molecular flexibility index (Phi) is 20.0. The van der Waals surface area contributed by atoms with Crippen LogP contribution in [0.3, 0.4) is 0 Å². The maximum atomic E-state index is 15.3. The van der Waals surface area contributed by atoms with E-state index in [1.165, 1.54) is 18.2 Å². The molecule has 19 rings (SSSR count). The lowest BCUT2D eigenvalue weighted by Crippen LogP contribution is -2.53. The Hall–Kier alpha value is -12.5. The number of hydrogen-bond donors (Lipinski definition) is 1. The number of Topliss-reactive ketones (excluding diaryl/α,β-unsaturated/α-hetero) is 3. The second-order valence-corrected chi connectivity index (χ2v) is 33.7. The van der Waals surface area contributed by atoms with Crippen LogP contribution in [-0.2, 0) is 49.9 Å². The van der Waals surface area contributed by atoms with E-state index in [-0.39, 0.29) is 82.2 Å². The molecular formula is C98H85F3N12O4. The summed E-state index contributed by atoms with van der Waals surface area (Å²) < 4.78 is 45.7. The van der Waals surface area contributed by atoms with Crippen LogP contribution >= 0.6 is 0 Å². The zero-order valence-electron chi connectivity index (χ0n) is 66.0. The Balaban J connectivity index is 0.000000126. The lowest BCUT2D eigenvalue weighted by molar-refractivity contribution is -0.131. The van der Waals surface area contributed by atoms with E-state index in [0.29, 0.717) is 107 Å². The molecule has 11 aromatic rings. The molecule has 1 N–H and O–H groups in total. The molecule has 9 atom stereocenters. The number of carbonyl (C=O) groups excluding carboxylic acids is 3. The van der Waals surface area contributed by atoms with Gasteiger partial charge < -0.3 is 19.5 Å². The molecule has 2 fully saturated rings. The van der Waals surface area contributed by atoms with E-state index >= 15 is 13.2 Å². The highest BCUT2D eigenvalue weighted by atomic mass is 19.1. The van der Waals surface area contributed by atoms with Crippen LogP contribution in [0.4, 0.5) is 13.2 Å². The Bertz CT molecular complexity index is 6150. The van der Waals surface area contributed by atoms with Gasteiger partial charge in [0.2, 0.25) is 17.1 Å². The van der Waals surface area contributed by atoms with E-state index < -0.39 is 27.1 Å². The van der Waals surface area contributed by atoms with Crippen LogP contribution in [0.1, 0.15) is 151 Å². The molecule has 5 aromatic carbocycles. The first-order valence-corrected chi connectivity index (χ1v) is 40.4. The van der Waals surface area contributed by atoms with Gasteiger partial charge in [0.15, 0.2) is 34.8 Å². The normalized spacial score (nSPS) is 24.6. The number of nitrogens with zero attached hydrogens (tertiary/aromatic N) is 12. The molecule has 0 amide bonds. The molecule has 0 spiro atoms. The van der Waals surface area contributed by atoms with Crippen molar-refractivity contribution in [1.29, 1.82) is 0 Å². The van der Waals surface area contributed by atoms with E-state index in [0.717, 1.165) is 118 Å². The minimum Gasteiger partial charge on any atom is -0.396 e. The van der Waals surface area contributed by atoms with E-state index in [2.05, 4.69) is 50.3 Å². The Labute approximate surface area is 678 Å². The molecule has 0 bridgehead atoms. The van der Waals surface area contributed by atoms with Crippen molar-refractivity contribution in [2.75, 3.05) is 6.61 Å². The Morgan fingerprint density at radius 3 is 1.51 bits per heavy atom. The molecule has 8 aliphatic rings. The van der Waals surface area contributed by atoms with Crippen LogP contribution in [0.25, 0.3) is 105 Å². The standard InChI is InChI=1S/C34H29FN4O.C32H31FN4O2.C32H25FN4O/c1-33-19-27(36-3)31(40)34(2,18-20-12-13-20)28(33)15-14-24-29(23-9-4-6-10-25(23)35)38-32(39-30(24)33)22-16-17-37-26-11-7-5-8-21(22)26;1-31(14-6-16-38)26-12-11-22-27(21-7-4-5-8-23(21)33)36-30(20-13-15-35-24(17-20)19-9-10-19)37-28(22)32(26,2)18-25(34-3)29(31)39;1-19-24-15-14-23-28(22-11-7-8-12-25(22)33)36-31(37-30(23)32(24,2)17-27(34-3)29(19)38)21-13-16-26(35-18-21)20-9-5-4-6-10-20/h4-11,16-17,19-20,28H,12-15,18H2,1-2H3;4-5,7-8,13,15,17-19,26,38H,6,9-12,14,16H2,1-2H3;4-13,16-19,24H,14-15H2,1-2H3/t28-,33+,34+;26-,31-,32-;19-,24-,32-/m011/s1. The molecule has 582 valence electrons. The third-order valence-electron chi connectivity index (χ3n) is 26.5. The molecule has 16 nitrogen and oxygen atoms in total. The van der Waals surface area contributed by atoms with Gasteiger partial charge in [-0.15, -0.1) is 0 Å². The Morgan fingerprint density at radius 2 is 0.966 bits per heavy atom. The zero-order valence-corrected chi connectivity index (χ0v) is 66.0. The van der Waals surface area contributed by atoms with Gasteiger partial charge in [-0.25, -0.2) is 57.6 Å².